The predicted octanol–water partition coefficient (Wildman–Crippen LogP) is 5.09. The Labute approximate surface area is 163 Å². The van der Waals surface area contributed by atoms with Crippen molar-refractivity contribution in [2.24, 2.45) is 0 Å². The highest BCUT2D eigenvalue weighted by Crippen LogP contribution is 2.30. The van der Waals surface area contributed by atoms with E-state index < -0.39 is 12.2 Å². The molecule has 0 aliphatic carbocycles. The summed E-state index contributed by atoms with van der Waals surface area (Å²) in [5, 5.41) is 14.4. The predicted molar refractivity (Wildman–Crippen MR) is 97.0 cm³/mol. The molecule has 0 spiro atoms. The second kappa shape index (κ2) is 8.36. The number of alkyl halides is 3. The summed E-state index contributed by atoms with van der Waals surface area (Å²) in [5.74, 6) is -0.835. The van der Waals surface area contributed by atoms with E-state index in [-0.39, 0.29) is 23.9 Å². The molecular weight excluding hydrogens is 400 g/mol. The molecule has 9 heteroatoms. The van der Waals surface area contributed by atoms with Crippen LogP contribution in [0.4, 0.5) is 17.6 Å². The largest absolute Gasteiger partial charge is 0.573 e. The van der Waals surface area contributed by atoms with Crippen molar-refractivity contribution < 1.29 is 27.4 Å². The Bertz CT molecular complexity index is 972. The number of ether oxygens (including phenoxy) is 1. The summed E-state index contributed by atoms with van der Waals surface area (Å²) in [6, 6.07) is 7.97. The fraction of sp³-hybridized carbons (Fsp3) is 0.316. The average Bonchev–Trinajstić information content (AvgIpc) is 2.93. The molecule has 2 aromatic carbocycles. The Morgan fingerprint density at radius 1 is 1.11 bits per heavy atom. The smallest absolute Gasteiger partial charge is 0.406 e. The first-order valence-corrected chi connectivity index (χ1v) is 8.94. The Kier molecular flexibility index (Phi) is 6.10. The van der Waals surface area contributed by atoms with Gasteiger partial charge >= 0.3 is 6.36 Å². The maximum Gasteiger partial charge on any atom is 0.573 e. The molecule has 0 radical (unpaired) electrons. The van der Waals surface area contributed by atoms with Gasteiger partial charge in [-0.3, -0.25) is 4.68 Å². The molecule has 0 saturated heterocycles. The molecule has 0 saturated carbocycles. The lowest BCUT2D eigenvalue weighted by atomic mass is 10.1. The van der Waals surface area contributed by atoms with E-state index in [1.807, 2.05) is 0 Å². The Hall–Kier alpha value is -2.32. The van der Waals surface area contributed by atoms with E-state index in [1.54, 1.807) is 0 Å². The molecule has 0 aliphatic rings. The lowest BCUT2D eigenvalue weighted by Gasteiger charge is -2.10. The van der Waals surface area contributed by atoms with Gasteiger partial charge in [0, 0.05) is 23.1 Å². The minimum atomic E-state index is -4.80. The van der Waals surface area contributed by atoms with Gasteiger partial charge in [-0.05, 0) is 49.1 Å². The minimum absolute atomic E-state index is 0.0490. The maximum atomic E-state index is 13.3. The van der Waals surface area contributed by atoms with E-state index in [9.17, 15) is 17.6 Å². The maximum absolute atomic E-state index is 13.3. The molecule has 0 bridgehead atoms. The van der Waals surface area contributed by atoms with Crippen LogP contribution in [-0.2, 0) is 13.0 Å². The molecular formula is C19H17ClF4N2O2. The lowest BCUT2D eigenvalue weighted by Crippen LogP contribution is -2.17. The van der Waals surface area contributed by atoms with Crippen molar-refractivity contribution in [1.29, 1.82) is 0 Å². The summed E-state index contributed by atoms with van der Waals surface area (Å²) in [5.41, 5.74) is 1.72. The second-order valence-electron chi connectivity index (χ2n) is 6.25. The number of aryl methyl sites for hydroxylation is 1. The number of hydrogen-bond donors (Lipinski definition) is 1. The van der Waals surface area contributed by atoms with Gasteiger partial charge in [0.2, 0.25) is 0 Å². The summed E-state index contributed by atoms with van der Waals surface area (Å²) in [6.07, 6.45) is -2.97. The van der Waals surface area contributed by atoms with Crippen LogP contribution in [0.3, 0.4) is 0 Å². The first-order valence-electron chi connectivity index (χ1n) is 8.57. The normalized spacial score (nSPS) is 11.9. The van der Waals surface area contributed by atoms with Crippen molar-refractivity contribution in [3.8, 4) is 5.75 Å². The number of nitrogens with zero attached hydrogens (tertiary/aromatic N) is 2. The molecule has 3 rings (SSSR count). The minimum Gasteiger partial charge on any atom is -0.406 e. The first-order chi connectivity index (χ1) is 13.3. The highest BCUT2D eigenvalue weighted by Gasteiger charge is 2.31. The van der Waals surface area contributed by atoms with Crippen LogP contribution in [0, 0.1) is 5.82 Å². The third-order valence-electron chi connectivity index (χ3n) is 4.19. The van der Waals surface area contributed by atoms with Gasteiger partial charge in [0.1, 0.15) is 11.6 Å². The number of aliphatic hydroxyl groups is 1. The van der Waals surface area contributed by atoms with Crippen LogP contribution in [0.15, 0.2) is 36.4 Å². The number of halogens is 5. The van der Waals surface area contributed by atoms with Gasteiger partial charge in [-0.25, -0.2) is 4.39 Å². The highest BCUT2D eigenvalue weighted by molar-refractivity contribution is 6.31. The van der Waals surface area contributed by atoms with Crippen molar-refractivity contribution in [2.75, 3.05) is 6.61 Å². The summed E-state index contributed by atoms with van der Waals surface area (Å²) in [7, 11) is 0. The molecule has 0 amide bonds. The van der Waals surface area contributed by atoms with E-state index in [0.717, 1.165) is 0 Å². The van der Waals surface area contributed by atoms with E-state index in [2.05, 4.69) is 9.84 Å². The van der Waals surface area contributed by atoms with Crippen molar-refractivity contribution in [2.45, 2.75) is 32.2 Å². The van der Waals surface area contributed by atoms with Crippen molar-refractivity contribution in [1.82, 2.24) is 9.78 Å². The SMILES string of the molecule is OCCCCc1nn(Cc2ccc(F)cc2Cl)c2cc(OC(F)(F)F)ccc12. The zero-order valence-electron chi connectivity index (χ0n) is 14.6. The Balaban J connectivity index is 2.01. The lowest BCUT2D eigenvalue weighted by molar-refractivity contribution is -0.274. The average molecular weight is 417 g/mol. The van der Waals surface area contributed by atoms with E-state index in [0.29, 0.717) is 41.4 Å². The highest BCUT2D eigenvalue weighted by atomic mass is 35.5. The van der Waals surface area contributed by atoms with Crippen LogP contribution in [0.25, 0.3) is 10.9 Å². The van der Waals surface area contributed by atoms with Crippen LogP contribution in [-0.4, -0.2) is 27.9 Å². The molecule has 0 unspecified atom stereocenters. The van der Waals surface area contributed by atoms with E-state index in [1.165, 1.54) is 41.1 Å². The summed E-state index contributed by atoms with van der Waals surface area (Å²) >= 11 is 6.08. The number of aliphatic hydroxyl groups excluding tert-OH is 1. The van der Waals surface area contributed by atoms with Gasteiger partial charge in [0.05, 0.1) is 17.8 Å². The number of benzene rings is 2. The summed E-state index contributed by atoms with van der Waals surface area (Å²) in [6.45, 7) is 0.207. The van der Waals surface area contributed by atoms with Crippen molar-refractivity contribution in [3.05, 3.63) is 58.5 Å². The van der Waals surface area contributed by atoms with Gasteiger partial charge in [-0.15, -0.1) is 13.2 Å². The Morgan fingerprint density at radius 2 is 1.89 bits per heavy atom. The second-order valence-corrected chi connectivity index (χ2v) is 6.65. The molecule has 150 valence electrons. The van der Waals surface area contributed by atoms with Crippen molar-refractivity contribution in [3.63, 3.8) is 0 Å². The van der Waals surface area contributed by atoms with Crippen LogP contribution < -0.4 is 4.74 Å². The molecule has 1 aromatic heterocycles. The van der Waals surface area contributed by atoms with Crippen LogP contribution >= 0.6 is 11.6 Å². The third-order valence-corrected chi connectivity index (χ3v) is 4.54. The number of fused-ring (bicyclic) bond motifs is 1. The third kappa shape index (κ3) is 4.94. The fourth-order valence-corrected chi connectivity index (χ4v) is 3.17. The standard InChI is InChI=1S/C19H17ClF4N2O2/c20-16-9-13(21)5-4-12(16)11-26-18-10-14(28-19(22,23)24)6-7-15(18)17(25-26)3-1-2-8-27/h4-7,9-10,27H,1-3,8,11H2. The number of unbranched alkanes of at least 4 members (excludes halogenated alkanes) is 1. The van der Waals surface area contributed by atoms with E-state index in [4.69, 9.17) is 16.7 Å². The van der Waals surface area contributed by atoms with Gasteiger partial charge < -0.3 is 9.84 Å². The molecule has 28 heavy (non-hydrogen) atoms. The molecule has 0 fully saturated rings. The van der Waals surface area contributed by atoms with Crippen molar-refractivity contribution >= 4 is 22.5 Å². The topological polar surface area (TPSA) is 47.3 Å². The molecule has 1 heterocycles. The van der Waals surface area contributed by atoms with Gasteiger partial charge in [-0.1, -0.05) is 17.7 Å². The quantitative estimate of drug-likeness (QED) is 0.431. The van der Waals surface area contributed by atoms with Gasteiger partial charge in [0.15, 0.2) is 0 Å². The number of rotatable bonds is 7. The molecule has 0 aliphatic heterocycles. The van der Waals surface area contributed by atoms with Crippen LogP contribution in [0.2, 0.25) is 5.02 Å². The summed E-state index contributed by atoms with van der Waals surface area (Å²) < 4.78 is 56.5. The zero-order chi connectivity index (χ0) is 20.3. The first kappa shape index (κ1) is 20.4. The van der Waals surface area contributed by atoms with E-state index >= 15 is 0 Å². The molecule has 0 atom stereocenters. The van der Waals surface area contributed by atoms with Crippen LogP contribution in [0.1, 0.15) is 24.1 Å². The molecule has 1 N–H and O–H groups in total. The fourth-order valence-electron chi connectivity index (χ4n) is 2.94. The molecule has 3 aromatic rings. The summed E-state index contributed by atoms with van der Waals surface area (Å²) in [4.78, 5) is 0. The number of aromatic nitrogens is 2. The monoisotopic (exact) mass is 416 g/mol. The van der Waals surface area contributed by atoms with Gasteiger partial charge in [-0.2, -0.15) is 5.10 Å². The van der Waals surface area contributed by atoms with Crippen LogP contribution in [0.5, 0.6) is 5.75 Å². The molecule has 4 nitrogen and oxygen atoms in total. The zero-order valence-corrected chi connectivity index (χ0v) is 15.4. The Morgan fingerprint density at radius 3 is 2.57 bits per heavy atom. The van der Waals surface area contributed by atoms with Gasteiger partial charge in [0.25, 0.3) is 0 Å². The number of hydrogen-bond acceptors (Lipinski definition) is 3.